The molecule has 0 aliphatic carbocycles. The van der Waals surface area contributed by atoms with Crippen molar-refractivity contribution in [1.82, 2.24) is 14.6 Å². The van der Waals surface area contributed by atoms with Gasteiger partial charge in [0, 0.05) is 12.3 Å². The van der Waals surface area contributed by atoms with E-state index in [0.717, 1.165) is 12.0 Å². The summed E-state index contributed by atoms with van der Waals surface area (Å²) in [5.41, 5.74) is 0.971. The molecule has 0 spiro atoms. The van der Waals surface area contributed by atoms with E-state index in [1.54, 1.807) is 6.07 Å². The van der Waals surface area contributed by atoms with Gasteiger partial charge in [-0.2, -0.15) is 9.61 Å². The fourth-order valence-corrected chi connectivity index (χ4v) is 1.31. The summed E-state index contributed by atoms with van der Waals surface area (Å²) in [6, 6.07) is 1.77. The Morgan fingerprint density at radius 2 is 2.27 bits per heavy atom. The molecular formula is C10H11N3O2. The van der Waals surface area contributed by atoms with Gasteiger partial charge in [0.1, 0.15) is 0 Å². The van der Waals surface area contributed by atoms with Gasteiger partial charge in [0.2, 0.25) is 0 Å². The van der Waals surface area contributed by atoms with E-state index in [1.807, 2.05) is 13.8 Å². The third-order valence-electron chi connectivity index (χ3n) is 2.22. The predicted octanol–water partition coefficient (Wildman–Crippen LogP) is 0.228. The minimum absolute atomic E-state index is 0.140. The van der Waals surface area contributed by atoms with Crippen molar-refractivity contribution in [1.29, 1.82) is 0 Å². The van der Waals surface area contributed by atoms with Crippen molar-refractivity contribution in [2.75, 3.05) is 0 Å². The van der Waals surface area contributed by atoms with E-state index in [-0.39, 0.29) is 16.7 Å². The maximum absolute atomic E-state index is 11.7. The van der Waals surface area contributed by atoms with Crippen LogP contribution in [0.15, 0.2) is 17.1 Å². The molecule has 5 heteroatoms. The number of fused-ring (bicyclic) bond motifs is 1. The third kappa shape index (κ3) is 1.45. The molecule has 0 saturated carbocycles. The number of hydrogen-bond donors (Lipinski definition) is 1. The molecule has 0 fully saturated rings. The zero-order valence-corrected chi connectivity index (χ0v) is 8.51. The lowest BCUT2D eigenvalue weighted by Gasteiger charge is -1.94. The molecule has 0 amide bonds. The first kappa shape index (κ1) is 9.64. The van der Waals surface area contributed by atoms with Gasteiger partial charge < -0.3 is 5.11 Å². The van der Waals surface area contributed by atoms with Crippen molar-refractivity contribution in [2.24, 2.45) is 0 Å². The van der Waals surface area contributed by atoms with Crippen molar-refractivity contribution in [3.05, 3.63) is 33.5 Å². The summed E-state index contributed by atoms with van der Waals surface area (Å²) < 4.78 is 1.21. The van der Waals surface area contributed by atoms with Crippen LogP contribution in [-0.4, -0.2) is 19.7 Å². The zero-order valence-electron chi connectivity index (χ0n) is 8.51. The summed E-state index contributed by atoms with van der Waals surface area (Å²) in [5.74, 6) is 0.243. The molecule has 5 nitrogen and oxygen atoms in total. The maximum atomic E-state index is 11.7. The smallest absolute Gasteiger partial charge is 0.284 e. The van der Waals surface area contributed by atoms with Crippen LogP contribution in [0, 0.1) is 0 Å². The van der Waals surface area contributed by atoms with Crippen LogP contribution in [0.4, 0.5) is 0 Å². The van der Waals surface area contributed by atoms with Crippen LogP contribution in [0.1, 0.15) is 25.5 Å². The van der Waals surface area contributed by atoms with E-state index >= 15 is 0 Å². The van der Waals surface area contributed by atoms with Crippen LogP contribution in [0.25, 0.3) is 11.9 Å². The Labute approximate surface area is 85.7 Å². The number of nitrogens with zero attached hydrogens (tertiary/aromatic N) is 3. The summed E-state index contributed by atoms with van der Waals surface area (Å²) in [6.07, 6.45) is 2.08. The highest BCUT2D eigenvalue weighted by Gasteiger charge is 2.08. The Morgan fingerprint density at radius 1 is 1.53 bits per heavy atom. The van der Waals surface area contributed by atoms with Crippen LogP contribution in [-0.2, 0) is 0 Å². The van der Waals surface area contributed by atoms with E-state index in [2.05, 4.69) is 10.1 Å². The molecule has 1 N–H and O–H groups in total. The largest absolute Gasteiger partial charge is 0.515 e. The van der Waals surface area contributed by atoms with E-state index in [0.29, 0.717) is 5.65 Å². The Bertz CT molecular complexity index is 601. The normalized spacial score (nSPS) is 12.9. The topological polar surface area (TPSA) is 67.5 Å². The molecule has 0 aromatic carbocycles. The molecular weight excluding hydrogens is 194 g/mol. The standard InChI is InChI=1S/C10H11N3O2/c1-6(2)8-3-9-11-4-7(5-14)10(15)13(9)12-8/h3-6,14H,1-2H3. The van der Waals surface area contributed by atoms with Crippen LogP contribution < -0.4 is 10.8 Å². The van der Waals surface area contributed by atoms with Crippen LogP contribution in [0.5, 0.6) is 0 Å². The van der Waals surface area contributed by atoms with Crippen LogP contribution >= 0.6 is 0 Å². The van der Waals surface area contributed by atoms with Gasteiger partial charge in [-0.15, -0.1) is 0 Å². The minimum Gasteiger partial charge on any atom is -0.515 e. The van der Waals surface area contributed by atoms with Crippen LogP contribution in [0.3, 0.4) is 0 Å². The molecule has 2 aromatic rings. The summed E-state index contributed by atoms with van der Waals surface area (Å²) in [7, 11) is 0. The molecule has 0 radical (unpaired) electrons. The van der Waals surface area contributed by atoms with E-state index in [9.17, 15) is 4.79 Å². The molecule has 0 atom stereocenters. The Morgan fingerprint density at radius 3 is 2.87 bits per heavy atom. The lowest BCUT2D eigenvalue weighted by atomic mass is 10.1. The third-order valence-corrected chi connectivity index (χ3v) is 2.22. The second kappa shape index (κ2) is 3.34. The minimum atomic E-state index is -0.352. The van der Waals surface area contributed by atoms with E-state index in [1.165, 1.54) is 10.7 Å². The molecule has 0 saturated heterocycles. The van der Waals surface area contributed by atoms with Gasteiger partial charge in [-0.1, -0.05) is 13.8 Å². The molecule has 0 aliphatic heterocycles. The van der Waals surface area contributed by atoms with Gasteiger partial charge >= 0.3 is 0 Å². The van der Waals surface area contributed by atoms with Crippen molar-refractivity contribution < 1.29 is 5.11 Å². The maximum Gasteiger partial charge on any atom is 0.284 e. The summed E-state index contributed by atoms with van der Waals surface area (Å²) in [4.78, 5) is 15.7. The summed E-state index contributed by atoms with van der Waals surface area (Å²) in [5, 5.41) is 13.1. The Kier molecular flexibility index (Phi) is 2.15. The summed E-state index contributed by atoms with van der Waals surface area (Å²) >= 11 is 0. The Hall–Kier alpha value is -1.91. The molecule has 2 heterocycles. The molecule has 0 unspecified atom stereocenters. The van der Waals surface area contributed by atoms with Gasteiger partial charge in [0.15, 0.2) is 5.65 Å². The molecule has 78 valence electrons. The van der Waals surface area contributed by atoms with Gasteiger partial charge in [-0.05, 0) is 5.92 Å². The molecule has 2 aromatic heterocycles. The second-order valence-corrected chi connectivity index (χ2v) is 3.64. The van der Waals surface area contributed by atoms with E-state index in [4.69, 9.17) is 5.11 Å². The Balaban J connectivity index is 2.83. The van der Waals surface area contributed by atoms with Crippen molar-refractivity contribution in [2.45, 2.75) is 19.8 Å². The van der Waals surface area contributed by atoms with Gasteiger partial charge in [-0.25, -0.2) is 4.98 Å². The number of aliphatic hydroxyl groups excluding tert-OH is 1. The average molecular weight is 205 g/mol. The zero-order chi connectivity index (χ0) is 11.0. The first-order valence-corrected chi connectivity index (χ1v) is 4.66. The SMILES string of the molecule is CC(C)c1cc2ncc(=CO)c(=O)n2n1. The van der Waals surface area contributed by atoms with Crippen molar-refractivity contribution >= 4 is 11.9 Å². The molecule has 2 rings (SSSR count). The molecule has 0 bridgehead atoms. The quantitative estimate of drug-likeness (QED) is 0.723. The monoisotopic (exact) mass is 205 g/mol. The fraction of sp³-hybridized carbons (Fsp3) is 0.300. The first-order valence-electron chi connectivity index (χ1n) is 4.66. The van der Waals surface area contributed by atoms with E-state index < -0.39 is 0 Å². The van der Waals surface area contributed by atoms with Crippen molar-refractivity contribution in [3.8, 4) is 0 Å². The van der Waals surface area contributed by atoms with Crippen LogP contribution in [0.2, 0.25) is 0 Å². The predicted molar refractivity (Wildman–Crippen MR) is 55.7 cm³/mol. The highest BCUT2D eigenvalue weighted by molar-refractivity contribution is 5.39. The lowest BCUT2D eigenvalue weighted by molar-refractivity contribution is 0.538. The average Bonchev–Trinajstić information content (AvgIpc) is 2.63. The highest BCUT2D eigenvalue weighted by Crippen LogP contribution is 2.11. The number of aliphatic hydroxyl groups is 1. The second-order valence-electron chi connectivity index (χ2n) is 3.64. The first-order chi connectivity index (χ1) is 7.13. The van der Waals surface area contributed by atoms with Gasteiger partial charge in [-0.3, -0.25) is 4.79 Å². The molecule has 15 heavy (non-hydrogen) atoms. The number of aromatic nitrogens is 3. The van der Waals surface area contributed by atoms with Gasteiger partial charge in [0.05, 0.1) is 17.2 Å². The highest BCUT2D eigenvalue weighted by atomic mass is 16.2. The lowest BCUT2D eigenvalue weighted by Crippen LogP contribution is -2.31. The van der Waals surface area contributed by atoms with Crippen molar-refractivity contribution in [3.63, 3.8) is 0 Å². The fourth-order valence-electron chi connectivity index (χ4n) is 1.31. The molecule has 0 aliphatic rings. The number of rotatable bonds is 1. The van der Waals surface area contributed by atoms with Gasteiger partial charge in [0.25, 0.3) is 5.56 Å². The summed E-state index contributed by atoms with van der Waals surface area (Å²) in [6.45, 7) is 3.98. The number of hydrogen-bond acceptors (Lipinski definition) is 4.